The molecule has 1 aliphatic rings. The zero-order chi connectivity index (χ0) is 16.8. The van der Waals surface area contributed by atoms with Crippen LogP contribution >= 0.6 is 11.3 Å². The van der Waals surface area contributed by atoms with Crippen LogP contribution in [0.5, 0.6) is 0 Å². The third-order valence-corrected chi connectivity index (χ3v) is 4.75. The van der Waals surface area contributed by atoms with Crippen molar-refractivity contribution in [2.75, 3.05) is 0 Å². The molecule has 0 fully saturated rings. The predicted octanol–water partition coefficient (Wildman–Crippen LogP) is 6.10. The summed E-state index contributed by atoms with van der Waals surface area (Å²) in [6, 6.07) is 10.5. The molecule has 2 heterocycles. The van der Waals surface area contributed by atoms with Crippen LogP contribution in [0.2, 0.25) is 0 Å². The van der Waals surface area contributed by atoms with Gasteiger partial charge in [-0.3, -0.25) is 4.98 Å². The van der Waals surface area contributed by atoms with Crippen LogP contribution in [0, 0.1) is 0 Å². The summed E-state index contributed by atoms with van der Waals surface area (Å²) in [6.07, 6.45) is 15.2. The van der Waals surface area contributed by atoms with E-state index < -0.39 is 0 Å². The Morgan fingerprint density at radius 2 is 2.08 bits per heavy atom. The third kappa shape index (κ3) is 3.57. The molecule has 1 aromatic carbocycles. The molecule has 0 radical (unpaired) electrons. The van der Waals surface area contributed by atoms with Gasteiger partial charge in [-0.1, -0.05) is 55.8 Å². The quantitative estimate of drug-likeness (QED) is 0.656. The summed E-state index contributed by atoms with van der Waals surface area (Å²) in [5.74, 6) is 0. The lowest BCUT2D eigenvalue weighted by Gasteiger charge is -2.28. The lowest BCUT2D eigenvalue weighted by atomic mass is 10.0. The Bertz CT molecular complexity index is 781. The highest BCUT2D eigenvalue weighted by Crippen LogP contribution is 2.33. The highest BCUT2D eigenvalue weighted by atomic mass is 32.1. The van der Waals surface area contributed by atoms with Gasteiger partial charge in [0.05, 0.1) is 16.1 Å². The van der Waals surface area contributed by atoms with E-state index >= 15 is 0 Å². The minimum atomic E-state index is 1.07. The van der Waals surface area contributed by atoms with Gasteiger partial charge >= 0.3 is 0 Å². The number of hydrogen-bond acceptors (Lipinski definition) is 3. The average molecular weight is 334 g/mol. The van der Waals surface area contributed by atoms with E-state index in [4.69, 9.17) is 0 Å². The van der Waals surface area contributed by atoms with Crippen LogP contribution in [0.1, 0.15) is 37.1 Å². The van der Waals surface area contributed by atoms with E-state index in [2.05, 4.69) is 84.6 Å². The lowest BCUT2D eigenvalue weighted by Crippen LogP contribution is -2.16. The predicted molar refractivity (Wildman–Crippen MR) is 104 cm³/mol. The number of allylic oxidation sites excluding steroid dienone is 5. The van der Waals surface area contributed by atoms with Crippen LogP contribution in [0.4, 0.5) is 0 Å². The Balaban J connectivity index is 1.97. The van der Waals surface area contributed by atoms with Crippen LogP contribution in [0.3, 0.4) is 0 Å². The van der Waals surface area contributed by atoms with Crippen molar-refractivity contribution in [1.82, 2.24) is 9.88 Å². The van der Waals surface area contributed by atoms with Gasteiger partial charge in [-0.2, -0.15) is 0 Å². The second kappa shape index (κ2) is 7.93. The summed E-state index contributed by atoms with van der Waals surface area (Å²) in [4.78, 5) is 7.67. The van der Waals surface area contributed by atoms with Crippen molar-refractivity contribution in [3.05, 3.63) is 88.7 Å². The number of aromatic nitrogens is 1. The Morgan fingerprint density at radius 1 is 1.25 bits per heavy atom. The first-order chi connectivity index (χ1) is 11.8. The summed E-state index contributed by atoms with van der Waals surface area (Å²) in [5.41, 5.74) is 6.77. The molecule has 0 spiro atoms. The lowest BCUT2D eigenvalue weighted by molar-refractivity contribution is 0.669. The summed E-state index contributed by atoms with van der Waals surface area (Å²) >= 11 is 1.67. The first-order valence-electron chi connectivity index (χ1n) is 8.33. The largest absolute Gasteiger partial charge is 0.316 e. The van der Waals surface area contributed by atoms with Crippen molar-refractivity contribution in [1.29, 1.82) is 0 Å². The van der Waals surface area contributed by atoms with Crippen LogP contribution in [0.25, 0.3) is 11.3 Å². The number of thiazole rings is 1. The Hall–Kier alpha value is -2.39. The number of rotatable bonds is 5. The van der Waals surface area contributed by atoms with Crippen molar-refractivity contribution >= 4 is 22.6 Å². The Labute approximate surface area is 148 Å². The molecule has 0 saturated carbocycles. The van der Waals surface area contributed by atoms with Crippen LogP contribution in [-0.4, -0.2) is 9.88 Å². The summed E-state index contributed by atoms with van der Waals surface area (Å²) < 4.78 is 0. The van der Waals surface area contributed by atoms with E-state index in [-0.39, 0.29) is 0 Å². The van der Waals surface area contributed by atoms with E-state index in [0.29, 0.717) is 0 Å². The van der Waals surface area contributed by atoms with Crippen molar-refractivity contribution < 1.29 is 0 Å². The molecular formula is C21H22N2S. The standard InChI is InChI=1S/C21H22N2S/c1-3-5-11-19-14-18(17-9-7-6-8-10-17)12-13-23(19)20(4-2)21-15-22-16-24-21/h4,6-16H,3,5H2,1-2H3/b19-11+,20-4-. The molecule has 3 heteroatoms. The number of nitrogens with zero attached hydrogens (tertiary/aromatic N) is 2. The molecule has 1 aromatic heterocycles. The van der Waals surface area contributed by atoms with Crippen LogP contribution in [0.15, 0.2) is 78.2 Å². The molecule has 0 unspecified atom stereocenters. The normalized spacial score (nSPS) is 16.6. The number of benzene rings is 1. The van der Waals surface area contributed by atoms with Gasteiger partial charge in [-0.15, -0.1) is 11.3 Å². The maximum atomic E-state index is 4.23. The highest BCUT2D eigenvalue weighted by molar-refractivity contribution is 7.10. The number of hydrogen-bond donors (Lipinski definition) is 0. The zero-order valence-corrected chi connectivity index (χ0v) is 15.0. The second-order valence-electron chi connectivity index (χ2n) is 5.61. The van der Waals surface area contributed by atoms with E-state index in [0.717, 1.165) is 12.8 Å². The fourth-order valence-electron chi connectivity index (χ4n) is 2.74. The molecule has 0 saturated heterocycles. The van der Waals surface area contributed by atoms with Gasteiger partial charge in [0.2, 0.25) is 0 Å². The number of unbranched alkanes of at least 4 members (excludes halogenated alkanes) is 1. The van der Waals surface area contributed by atoms with Crippen LogP contribution < -0.4 is 0 Å². The van der Waals surface area contributed by atoms with Crippen molar-refractivity contribution in [3.8, 4) is 0 Å². The van der Waals surface area contributed by atoms with Crippen LogP contribution in [-0.2, 0) is 0 Å². The summed E-state index contributed by atoms with van der Waals surface area (Å²) in [6.45, 7) is 4.29. The van der Waals surface area contributed by atoms with Gasteiger partial charge < -0.3 is 4.90 Å². The van der Waals surface area contributed by atoms with E-state index in [9.17, 15) is 0 Å². The second-order valence-corrected chi connectivity index (χ2v) is 6.50. The molecule has 0 bridgehead atoms. The first-order valence-corrected chi connectivity index (χ1v) is 9.21. The average Bonchev–Trinajstić information content (AvgIpc) is 3.16. The fourth-order valence-corrected chi connectivity index (χ4v) is 3.43. The van der Waals surface area contributed by atoms with Gasteiger partial charge in [0.15, 0.2) is 0 Å². The van der Waals surface area contributed by atoms with E-state index in [1.807, 2.05) is 11.7 Å². The van der Waals surface area contributed by atoms with E-state index in [1.54, 1.807) is 11.3 Å². The van der Waals surface area contributed by atoms with Crippen molar-refractivity contribution in [2.24, 2.45) is 0 Å². The van der Waals surface area contributed by atoms with Gasteiger partial charge in [0.25, 0.3) is 0 Å². The van der Waals surface area contributed by atoms with Gasteiger partial charge in [0.1, 0.15) is 0 Å². The molecule has 122 valence electrons. The van der Waals surface area contributed by atoms with Gasteiger partial charge in [-0.25, -0.2) is 0 Å². The molecule has 1 aliphatic heterocycles. The first kappa shape index (κ1) is 16.5. The molecular weight excluding hydrogens is 312 g/mol. The fraction of sp³-hybridized carbons (Fsp3) is 0.190. The van der Waals surface area contributed by atoms with Gasteiger partial charge in [-0.05, 0) is 36.6 Å². The van der Waals surface area contributed by atoms with Crippen molar-refractivity contribution in [2.45, 2.75) is 26.7 Å². The minimum absolute atomic E-state index is 1.07. The molecule has 0 aliphatic carbocycles. The highest BCUT2D eigenvalue weighted by Gasteiger charge is 2.17. The molecule has 2 nitrogen and oxygen atoms in total. The molecule has 24 heavy (non-hydrogen) atoms. The van der Waals surface area contributed by atoms with E-state index in [1.165, 1.54) is 27.4 Å². The Morgan fingerprint density at radius 3 is 2.75 bits per heavy atom. The molecule has 2 aromatic rings. The molecule has 3 rings (SSSR count). The molecule has 0 N–H and O–H groups in total. The SMILES string of the molecule is C/C=C(/c1cncs1)N1C=CC(c2ccccc2)=C/C1=C\CCC. The Kier molecular flexibility index (Phi) is 5.44. The zero-order valence-electron chi connectivity index (χ0n) is 14.1. The summed E-state index contributed by atoms with van der Waals surface area (Å²) in [5, 5.41) is 0. The smallest absolute Gasteiger partial charge is 0.0798 e. The molecule has 0 atom stereocenters. The monoisotopic (exact) mass is 334 g/mol. The maximum absolute atomic E-state index is 4.23. The summed E-state index contributed by atoms with van der Waals surface area (Å²) in [7, 11) is 0. The molecule has 0 amide bonds. The maximum Gasteiger partial charge on any atom is 0.0798 e. The van der Waals surface area contributed by atoms with Crippen molar-refractivity contribution in [3.63, 3.8) is 0 Å². The topological polar surface area (TPSA) is 16.1 Å². The third-order valence-electron chi connectivity index (χ3n) is 3.95. The van der Waals surface area contributed by atoms with Gasteiger partial charge in [0, 0.05) is 18.1 Å². The minimum Gasteiger partial charge on any atom is -0.316 e.